The Kier molecular flexibility index (Phi) is 2.20. The molecule has 72 valence electrons. The highest BCUT2D eigenvalue weighted by molar-refractivity contribution is 5.28. The van der Waals surface area contributed by atoms with Crippen LogP contribution in [-0.2, 0) is 6.54 Å². The smallest absolute Gasteiger partial charge is 0.259 e. The topological polar surface area (TPSA) is 61.2 Å². The monoisotopic (exact) mass is 190 g/mol. The molecule has 2 N–H and O–H groups in total. The van der Waals surface area contributed by atoms with Crippen LogP contribution in [-0.4, -0.2) is 4.57 Å². The molecule has 0 saturated heterocycles. The van der Waals surface area contributed by atoms with Crippen LogP contribution in [0.25, 0.3) is 5.69 Å². The second kappa shape index (κ2) is 3.51. The maximum Gasteiger partial charge on any atom is 0.259 e. The summed E-state index contributed by atoms with van der Waals surface area (Å²) in [7, 11) is 0. The number of aromatic nitrogens is 1. The molecule has 0 bridgehead atoms. The Bertz CT molecular complexity index is 471. The molecule has 2 rings (SSSR count). The average Bonchev–Trinajstić information content (AvgIpc) is 2.71. The van der Waals surface area contributed by atoms with Crippen LogP contribution in [0.1, 0.15) is 5.56 Å². The lowest BCUT2D eigenvalue weighted by molar-refractivity contribution is 0.565. The summed E-state index contributed by atoms with van der Waals surface area (Å²) in [6.45, 7) is 0.248. The van der Waals surface area contributed by atoms with E-state index in [4.69, 9.17) is 10.2 Å². The van der Waals surface area contributed by atoms with Gasteiger partial charge in [0.05, 0.1) is 12.0 Å². The predicted molar refractivity (Wildman–Crippen MR) is 52.2 cm³/mol. The summed E-state index contributed by atoms with van der Waals surface area (Å²) in [6, 6.07) is 5.23. The van der Waals surface area contributed by atoms with Gasteiger partial charge in [-0.15, -0.1) is 0 Å². The van der Waals surface area contributed by atoms with E-state index < -0.39 is 0 Å². The second-order valence-corrected chi connectivity index (χ2v) is 2.89. The molecule has 0 spiro atoms. The number of pyridine rings is 1. The molecule has 4 nitrogen and oxygen atoms in total. The van der Waals surface area contributed by atoms with Crippen LogP contribution < -0.4 is 11.3 Å². The van der Waals surface area contributed by atoms with Gasteiger partial charge >= 0.3 is 0 Å². The van der Waals surface area contributed by atoms with Crippen LogP contribution >= 0.6 is 0 Å². The average molecular weight is 190 g/mol. The lowest BCUT2D eigenvalue weighted by Gasteiger charge is -2.03. The van der Waals surface area contributed by atoms with Crippen molar-refractivity contribution in [1.82, 2.24) is 4.57 Å². The molecule has 0 aromatic carbocycles. The molecule has 0 aliphatic heterocycles. The van der Waals surface area contributed by atoms with Crippen LogP contribution in [0.15, 0.2) is 46.1 Å². The Balaban J connectivity index is 2.60. The largest absolute Gasteiger partial charge is 0.470 e. The van der Waals surface area contributed by atoms with E-state index in [-0.39, 0.29) is 12.1 Å². The van der Waals surface area contributed by atoms with Crippen LogP contribution in [0, 0.1) is 0 Å². The van der Waals surface area contributed by atoms with E-state index >= 15 is 0 Å². The number of nitrogens with zero attached hydrogens (tertiary/aromatic N) is 1. The highest BCUT2D eigenvalue weighted by atomic mass is 16.3. The van der Waals surface area contributed by atoms with Crippen LogP contribution in [0.3, 0.4) is 0 Å². The number of furan rings is 1. The molecule has 14 heavy (non-hydrogen) atoms. The van der Waals surface area contributed by atoms with Gasteiger partial charge in [-0.25, -0.2) is 0 Å². The fourth-order valence-corrected chi connectivity index (χ4v) is 1.29. The molecular formula is C10H10N2O2. The van der Waals surface area contributed by atoms with Gasteiger partial charge in [-0.3, -0.25) is 9.36 Å². The molecule has 0 aliphatic carbocycles. The van der Waals surface area contributed by atoms with E-state index in [0.717, 1.165) is 0 Å². The highest BCUT2D eigenvalue weighted by Crippen LogP contribution is 2.05. The molecule has 0 aliphatic rings. The summed E-state index contributed by atoms with van der Waals surface area (Å²) in [5.74, 6) is 0. The van der Waals surface area contributed by atoms with Gasteiger partial charge in [0.15, 0.2) is 0 Å². The summed E-state index contributed by atoms with van der Waals surface area (Å²) in [4.78, 5) is 11.7. The van der Waals surface area contributed by atoms with Crippen molar-refractivity contribution >= 4 is 0 Å². The van der Waals surface area contributed by atoms with Crippen LogP contribution in [0.4, 0.5) is 0 Å². The maximum atomic E-state index is 11.7. The molecule has 0 radical (unpaired) electrons. The Morgan fingerprint density at radius 1 is 1.43 bits per heavy atom. The number of hydrogen-bond donors (Lipinski definition) is 1. The van der Waals surface area contributed by atoms with Gasteiger partial charge in [-0.2, -0.15) is 0 Å². The van der Waals surface area contributed by atoms with Crippen molar-refractivity contribution in [2.24, 2.45) is 5.73 Å². The molecular weight excluding hydrogens is 180 g/mol. The molecule has 2 aromatic heterocycles. The number of rotatable bonds is 2. The van der Waals surface area contributed by atoms with E-state index in [1.54, 1.807) is 24.4 Å². The zero-order chi connectivity index (χ0) is 9.97. The van der Waals surface area contributed by atoms with Crippen molar-refractivity contribution in [3.05, 3.63) is 52.8 Å². The minimum atomic E-state index is -0.101. The van der Waals surface area contributed by atoms with E-state index in [9.17, 15) is 4.79 Å². The molecule has 4 heteroatoms. The first kappa shape index (κ1) is 8.77. The lowest BCUT2D eigenvalue weighted by atomic mass is 10.3. The van der Waals surface area contributed by atoms with Crippen molar-refractivity contribution in [3.8, 4) is 5.69 Å². The summed E-state index contributed by atoms with van der Waals surface area (Å²) >= 11 is 0. The van der Waals surface area contributed by atoms with Gasteiger partial charge < -0.3 is 10.2 Å². The molecule has 0 saturated carbocycles. The summed E-state index contributed by atoms with van der Waals surface area (Å²) in [6.07, 6.45) is 4.73. The van der Waals surface area contributed by atoms with Gasteiger partial charge in [0.2, 0.25) is 0 Å². The first-order valence-corrected chi connectivity index (χ1v) is 4.26. The normalized spacial score (nSPS) is 10.4. The van der Waals surface area contributed by atoms with Gasteiger partial charge in [0, 0.05) is 24.4 Å². The second-order valence-electron chi connectivity index (χ2n) is 2.89. The van der Waals surface area contributed by atoms with Gasteiger partial charge in [0.25, 0.3) is 5.56 Å². The number of hydrogen-bond acceptors (Lipinski definition) is 3. The third-order valence-electron chi connectivity index (χ3n) is 2.03. The predicted octanol–water partition coefficient (Wildman–Crippen LogP) is 0.889. The van der Waals surface area contributed by atoms with Crippen molar-refractivity contribution < 1.29 is 4.42 Å². The molecule has 0 amide bonds. The molecule has 0 unspecified atom stereocenters. The molecule has 2 aromatic rings. The Hall–Kier alpha value is -1.81. The van der Waals surface area contributed by atoms with E-state index in [0.29, 0.717) is 11.3 Å². The van der Waals surface area contributed by atoms with Crippen molar-refractivity contribution in [2.75, 3.05) is 0 Å². The molecule has 0 atom stereocenters. The van der Waals surface area contributed by atoms with E-state index in [1.807, 2.05) is 0 Å². The SMILES string of the molecule is NCc1cccn(-c2ccoc2)c1=O. The van der Waals surface area contributed by atoms with E-state index in [2.05, 4.69) is 0 Å². The van der Waals surface area contributed by atoms with Gasteiger partial charge in [-0.1, -0.05) is 6.07 Å². The molecule has 0 fully saturated rings. The highest BCUT2D eigenvalue weighted by Gasteiger charge is 2.03. The summed E-state index contributed by atoms with van der Waals surface area (Å²) < 4.78 is 6.41. The van der Waals surface area contributed by atoms with Gasteiger partial charge in [-0.05, 0) is 6.07 Å². The lowest BCUT2D eigenvalue weighted by Crippen LogP contribution is -2.22. The zero-order valence-corrected chi connectivity index (χ0v) is 7.51. The fraction of sp³-hybridized carbons (Fsp3) is 0.100. The van der Waals surface area contributed by atoms with Crippen molar-refractivity contribution in [3.63, 3.8) is 0 Å². The summed E-state index contributed by atoms with van der Waals surface area (Å²) in [5, 5.41) is 0. The van der Waals surface area contributed by atoms with Crippen molar-refractivity contribution in [2.45, 2.75) is 6.54 Å². The van der Waals surface area contributed by atoms with Crippen molar-refractivity contribution in [1.29, 1.82) is 0 Å². The summed E-state index contributed by atoms with van der Waals surface area (Å²) in [5.41, 5.74) is 6.64. The first-order chi connectivity index (χ1) is 6.83. The standard InChI is InChI=1S/C10H10N2O2/c11-6-8-2-1-4-12(10(8)13)9-3-5-14-7-9/h1-5,7H,6,11H2. The maximum absolute atomic E-state index is 11.7. The Morgan fingerprint density at radius 2 is 2.29 bits per heavy atom. The third kappa shape index (κ3) is 1.36. The minimum absolute atomic E-state index is 0.101. The zero-order valence-electron chi connectivity index (χ0n) is 7.51. The molecule has 2 heterocycles. The minimum Gasteiger partial charge on any atom is -0.470 e. The Morgan fingerprint density at radius 3 is 2.93 bits per heavy atom. The van der Waals surface area contributed by atoms with Crippen LogP contribution in [0.5, 0.6) is 0 Å². The van der Waals surface area contributed by atoms with Crippen LogP contribution in [0.2, 0.25) is 0 Å². The Labute approximate surface area is 80.6 Å². The number of nitrogens with two attached hydrogens (primary N) is 1. The first-order valence-electron chi connectivity index (χ1n) is 4.26. The third-order valence-corrected chi connectivity index (χ3v) is 2.03. The van der Waals surface area contributed by atoms with E-state index in [1.165, 1.54) is 17.1 Å². The van der Waals surface area contributed by atoms with Gasteiger partial charge in [0.1, 0.15) is 6.26 Å². The quantitative estimate of drug-likeness (QED) is 0.764. The fourth-order valence-electron chi connectivity index (χ4n) is 1.29.